The number of hydrogen-bond acceptors (Lipinski definition) is 3. The predicted octanol–water partition coefficient (Wildman–Crippen LogP) is 2.73. The zero-order chi connectivity index (χ0) is 17.1. The molecule has 1 unspecified atom stereocenters. The van der Waals surface area contributed by atoms with E-state index in [1.165, 1.54) is 13.8 Å². The number of amides is 1. The summed E-state index contributed by atoms with van der Waals surface area (Å²) in [5.41, 5.74) is -0.249. The van der Waals surface area contributed by atoms with Gasteiger partial charge in [0.15, 0.2) is 6.10 Å². The Morgan fingerprint density at radius 1 is 1.18 bits per heavy atom. The van der Waals surface area contributed by atoms with Crippen molar-refractivity contribution in [3.8, 4) is 5.75 Å². The smallest absolute Gasteiger partial charge is 0.328 e. The molecule has 0 fully saturated rings. The van der Waals surface area contributed by atoms with Gasteiger partial charge in [0.2, 0.25) is 0 Å². The highest BCUT2D eigenvalue weighted by Gasteiger charge is 2.31. The van der Waals surface area contributed by atoms with E-state index in [0.29, 0.717) is 5.75 Å². The first-order chi connectivity index (χ1) is 9.93. The van der Waals surface area contributed by atoms with Crippen molar-refractivity contribution in [2.45, 2.75) is 58.6 Å². The summed E-state index contributed by atoms with van der Waals surface area (Å²) < 4.78 is 5.63. The van der Waals surface area contributed by atoms with Crippen LogP contribution in [0.25, 0.3) is 0 Å². The Kier molecular flexibility index (Phi) is 5.22. The van der Waals surface area contributed by atoms with Crippen molar-refractivity contribution in [2.75, 3.05) is 0 Å². The molecule has 1 aromatic rings. The van der Waals surface area contributed by atoms with Crippen LogP contribution in [0.4, 0.5) is 0 Å². The van der Waals surface area contributed by atoms with Gasteiger partial charge >= 0.3 is 5.97 Å². The second-order valence-electron chi connectivity index (χ2n) is 6.96. The predicted molar refractivity (Wildman–Crippen MR) is 85.1 cm³/mol. The Morgan fingerprint density at radius 2 is 1.77 bits per heavy atom. The van der Waals surface area contributed by atoms with Crippen molar-refractivity contribution in [2.24, 2.45) is 0 Å². The molecule has 2 N–H and O–H groups in total. The molecule has 0 radical (unpaired) electrons. The van der Waals surface area contributed by atoms with Crippen LogP contribution < -0.4 is 10.1 Å². The first kappa shape index (κ1) is 18.0. The van der Waals surface area contributed by atoms with Gasteiger partial charge in [-0.05, 0) is 43.9 Å². The summed E-state index contributed by atoms with van der Waals surface area (Å²) in [7, 11) is 0. The van der Waals surface area contributed by atoms with Crippen LogP contribution in [0.1, 0.15) is 47.1 Å². The van der Waals surface area contributed by atoms with Crippen LogP contribution in [0.2, 0.25) is 0 Å². The van der Waals surface area contributed by atoms with Crippen molar-refractivity contribution in [3.05, 3.63) is 29.8 Å². The number of rotatable bonds is 5. The molecule has 0 aliphatic carbocycles. The molecule has 1 amide bonds. The summed E-state index contributed by atoms with van der Waals surface area (Å²) in [5, 5.41) is 11.5. The van der Waals surface area contributed by atoms with Gasteiger partial charge in [-0.25, -0.2) is 4.79 Å². The standard InChI is InChI=1S/C17H25NO4/c1-11(14(19)18-17(5,6)15(20)21)22-13-9-7-8-12(10-13)16(2,3)4/h7-11H,1-6H3,(H,18,19)(H,20,21). The van der Waals surface area contributed by atoms with Crippen LogP contribution in [0.3, 0.4) is 0 Å². The van der Waals surface area contributed by atoms with E-state index in [1.54, 1.807) is 13.0 Å². The van der Waals surface area contributed by atoms with Gasteiger partial charge in [0.25, 0.3) is 5.91 Å². The number of carbonyl (C=O) groups excluding carboxylic acids is 1. The number of hydrogen-bond donors (Lipinski definition) is 2. The lowest BCUT2D eigenvalue weighted by Gasteiger charge is -2.24. The van der Waals surface area contributed by atoms with Gasteiger partial charge in [0.1, 0.15) is 11.3 Å². The second kappa shape index (κ2) is 6.38. The van der Waals surface area contributed by atoms with Gasteiger partial charge in [0, 0.05) is 0 Å². The highest BCUT2D eigenvalue weighted by molar-refractivity contribution is 5.88. The zero-order valence-electron chi connectivity index (χ0n) is 14.1. The average molecular weight is 307 g/mol. The van der Waals surface area contributed by atoms with Crippen LogP contribution in [0, 0.1) is 0 Å². The number of ether oxygens (including phenoxy) is 1. The fourth-order valence-corrected chi connectivity index (χ4v) is 1.76. The molecule has 5 heteroatoms. The van der Waals surface area contributed by atoms with Gasteiger partial charge in [-0.3, -0.25) is 4.79 Å². The van der Waals surface area contributed by atoms with Crippen molar-refractivity contribution < 1.29 is 19.4 Å². The fourth-order valence-electron chi connectivity index (χ4n) is 1.76. The van der Waals surface area contributed by atoms with Gasteiger partial charge in [-0.1, -0.05) is 32.9 Å². The van der Waals surface area contributed by atoms with Gasteiger partial charge < -0.3 is 15.2 Å². The maximum atomic E-state index is 12.0. The zero-order valence-corrected chi connectivity index (χ0v) is 14.1. The lowest BCUT2D eigenvalue weighted by atomic mass is 9.87. The van der Waals surface area contributed by atoms with E-state index in [2.05, 4.69) is 26.1 Å². The highest BCUT2D eigenvalue weighted by Crippen LogP contribution is 2.26. The molecule has 1 rings (SSSR count). The van der Waals surface area contributed by atoms with E-state index in [1.807, 2.05) is 18.2 Å². The lowest BCUT2D eigenvalue weighted by Crippen LogP contribution is -2.53. The molecular weight excluding hydrogens is 282 g/mol. The number of carboxylic acids is 1. The Balaban J connectivity index is 2.79. The fraction of sp³-hybridized carbons (Fsp3) is 0.529. The van der Waals surface area contributed by atoms with Crippen LogP contribution in [-0.2, 0) is 15.0 Å². The first-order valence-electron chi connectivity index (χ1n) is 7.26. The lowest BCUT2D eigenvalue weighted by molar-refractivity contribution is -0.147. The number of nitrogens with one attached hydrogen (secondary N) is 1. The average Bonchev–Trinajstić information content (AvgIpc) is 2.37. The quantitative estimate of drug-likeness (QED) is 0.877. The van der Waals surface area contributed by atoms with E-state index in [-0.39, 0.29) is 5.41 Å². The summed E-state index contributed by atoms with van der Waals surface area (Å²) in [6.07, 6.45) is -0.783. The Labute approximate surface area is 131 Å². The Bertz CT molecular complexity index is 558. The maximum Gasteiger partial charge on any atom is 0.328 e. The molecular formula is C17H25NO4. The van der Waals surface area contributed by atoms with E-state index >= 15 is 0 Å². The number of carbonyl (C=O) groups is 2. The molecule has 22 heavy (non-hydrogen) atoms. The van der Waals surface area contributed by atoms with Gasteiger partial charge in [-0.15, -0.1) is 0 Å². The minimum absolute atomic E-state index is 0.0177. The van der Waals surface area contributed by atoms with Gasteiger partial charge in [0.05, 0.1) is 0 Å². The number of benzene rings is 1. The molecule has 122 valence electrons. The second-order valence-corrected chi connectivity index (χ2v) is 6.96. The monoisotopic (exact) mass is 307 g/mol. The van der Waals surface area contributed by atoms with E-state index in [0.717, 1.165) is 5.56 Å². The molecule has 0 aliphatic heterocycles. The molecule has 0 aromatic heterocycles. The van der Waals surface area contributed by atoms with Crippen molar-refractivity contribution in [1.29, 1.82) is 0 Å². The summed E-state index contributed by atoms with van der Waals surface area (Å²) >= 11 is 0. The van der Waals surface area contributed by atoms with Crippen LogP contribution >= 0.6 is 0 Å². The third-order valence-corrected chi connectivity index (χ3v) is 3.35. The van der Waals surface area contributed by atoms with E-state index < -0.39 is 23.5 Å². The molecule has 1 atom stereocenters. The Morgan fingerprint density at radius 3 is 2.27 bits per heavy atom. The molecule has 0 bridgehead atoms. The van der Waals surface area contributed by atoms with Gasteiger partial charge in [-0.2, -0.15) is 0 Å². The molecule has 5 nitrogen and oxygen atoms in total. The summed E-state index contributed by atoms with van der Waals surface area (Å²) in [6, 6.07) is 7.56. The van der Waals surface area contributed by atoms with Crippen molar-refractivity contribution in [1.82, 2.24) is 5.32 Å². The minimum Gasteiger partial charge on any atom is -0.481 e. The van der Waals surface area contributed by atoms with Crippen molar-refractivity contribution in [3.63, 3.8) is 0 Å². The molecule has 0 spiro atoms. The SMILES string of the molecule is CC(Oc1cccc(C(C)(C)C)c1)C(=O)NC(C)(C)C(=O)O. The maximum absolute atomic E-state index is 12.0. The molecule has 0 saturated carbocycles. The molecule has 1 aromatic carbocycles. The summed E-state index contributed by atoms with van der Waals surface area (Å²) in [5.74, 6) is -0.973. The van der Waals surface area contributed by atoms with Crippen LogP contribution in [0.5, 0.6) is 5.75 Å². The van der Waals surface area contributed by atoms with E-state index in [9.17, 15) is 9.59 Å². The molecule has 0 saturated heterocycles. The largest absolute Gasteiger partial charge is 0.481 e. The van der Waals surface area contributed by atoms with Crippen molar-refractivity contribution >= 4 is 11.9 Å². The molecule has 0 aliphatic rings. The summed E-state index contributed by atoms with van der Waals surface area (Å²) in [4.78, 5) is 23.1. The van der Waals surface area contributed by atoms with Crippen LogP contribution in [0.15, 0.2) is 24.3 Å². The topological polar surface area (TPSA) is 75.6 Å². The number of carboxylic acid groups (broad SMARTS) is 1. The molecule has 0 heterocycles. The Hall–Kier alpha value is -2.04. The third kappa shape index (κ3) is 4.76. The number of aliphatic carboxylic acids is 1. The van der Waals surface area contributed by atoms with Crippen LogP contribution in [-0.4, -0.2) is 28.6 Å². The first-order valence-corrected chi connectivity index (χ1v) is 7.26. The highest BCUT2D eigenvalue weighted by atomic mass is 16.5. The normalized spacial score (nSPS) is 13.4. The van der Waals surface area contributed by atoms with E-state index in [4.69, 9.17) is 9.84 Å². The minimum atomic E-state index is -1.33. The third-order valence-electron chi connectivity index (χ3n) is 3.35. The summed E-state index contributed by atoms with van der Waals surface area (Å²) in [6.45, 7) is 10.7.